The van der Waals surface area contributed by atoms with Crippen molar-refractivity contribution in [2.24, 2.45) is 5.10 Å². The maximum Gasteiger partial charge on any atom is 0.252 e. The van der Waals surface area contributed by atoms with Crippen LogP contribution in [0.4, 0.5) is 0 Å². The van der Waals surface area contributed by atoms with Crippen LogP contribution in [0.2, 0.25) is 0 Å². The Labute approximate surface area is 196 Å². The summed E-state index contributed by atoms with van der Waals surface area (Å²) in [6.45, 7) is 4.95. The third-order valence-corrected chi connectivity index (χ3v) is 5.34. The van der Waals surface area contributed by atoms with Crippen molar-refractivity contribution in [1.82, 2.24) is 5.43 Å². The second-order valence-corrected chi connectivity index (χ2v) is 7.85. The highest BCUT2D eigenvalue weighted by atomic mass is 127. The molecule has 3 aromatic carbocycles. The molecule has 5 nitrogen and oxygen atoms in total. The molecule has 0 aromatic heterocycles. The standard InChI is InChI=1S/C25H25IN2O3/c1-3-30-22-16-18(15-21(26)24(22)31-4-2)17-27-28-25(29)23(19-11-7-5-8-12-19)20-13-9-6-10-14-20/h5-17,23H,3-4H2,1-2H3,(H,28,29)/b27-17+. The zero-order valence-electron chi connectivity index (χ0n) is 17.5. The van der Waals surface area contributed by atoms with E-state index in [1.165, 1.54) is 0 Å². The number of rotatable bonds is 9. The molecule has 0 saturated carbocycles. The Hall–Kier alpha value is -2.87. The molecule has 0 aliphatic carbocycles. The van der Waals surface area contributed by atoms with Crippen LogP contribution in [0.25, 0.3) is 0 Å². The SMILES string of the molecule is CCOc1cc(/C=N/NC(=O)C(c2ccccc2)c2ccccc2)cc(I)c1OCC. The van der Waals surface area contributed by atoms with Crippen molar-refractivity contribution in [3.05, 3.63) is 93.1 Å². The van der Waals surface area contributed by atoms with Gasteiger partial charge in [-0.25, -0.2) is 5.43 Å². The van der Waals surface area contributed by atoms with Gasteiger partial charge in [0, 0.05) is 0 Å². The van der Waals surface area contributed by atoms with Crippen LogP contribution < -0.4 is 14.9 Å². The lowest BCUT2D eigenvalue weighted by molar-refractivity contribution is -0.121. The fourth-order valence-corrected chi connectivity index (χ4v) is 4.01. The minimum absolute atomic E-state index is 0.195. The molecule has 0 aliphatic heterocycles. The summed E-state index contributed by atoms with van der Waals surface area (Å²) in [4.78, 5) is 13.0. The van der Waals surface area contributed by atoms with Crippen LogP contribution in [0, 0.1) is 3.57 Å². The lowest BCUT2D eigenvalue weighted by Crippen LogP contribution is -2.26. The zero-order valence-corrected chi connectivity index (χ0v) is 19.7. The van der Waals surface area contributed by atoms with Crippen LogP contribution in [0.3, 0.4) is 0 Å². The van der Waals surface area contributed by atoms with E-state index in [0.29, 0.717) is 19.0 Å². The fourth-order valence-electron chi connectivity index (χ4n) is 3.23. The van der Waals surface area contributed by atoms with E-state index in [4.69, 9.17) is 9.47 Å². The highest BCUT2D eigenvalue weighted by Gasteiger charge is 2.22. The van der Waals surface area contributed by atoms with Gasteiger partial charge in [-0.15, -0.1) is 0 Å². The molecule has 0 atom stereocenters. The largest absolute Gasteiger partial charge is 0.490 e. The van der Waals surface area contributed by atoms with Gasteiger partial charge in [0.05, 0.1) is 28.9 Å². The molecular formula is C25H25IN2O3. The van der Waals surface area contributed by atoms with E-state index in [1.807, 2.05) is 86.6 Å². The minimum Gasteiger partial charge on any atom is -0.490 e. The van der Waals surface area contributed by atoms with Crippen LogP contribution in [0.15, 0.2) is 77.9 Å². The molecule has 3 aromatic rings. The number of benzene rings is 3. The van der Waals surface area contributed by atoms with Crippen molar-refractivity contribution in [2.45, 2.75) is 19.8 Å². The van der Waals surface area contributed by atoms with Gasteiger partial charge in [0.1, 0.15) is 0 Å². The second-order valence-electron chi connectivity index (χ2n) is 6.68. The Morgan fingerprint density at radius 1 is 0.968 bits per heavy atom. The maximum absolute atomic E-state index is 13.0. The number of hydrazone groups is 1. The van der Waals surface area contributed by atoms with E-state index in [-0.39, 0.29) is 5.91 Å². The summed E-state index contributed by atoms with van der Waals surface area (Å²) in [6, 6.07) is 23.2. The lowest BCUT2D eigenvalue weighted by Gasteiger charge is -2.16. The molecule has 0 fully saturated rings. The molecule has 0 spiro atoms. The summed E-state index contributed by atoms with van der Waals surface area (Å²) in [5, 5.41) is 4.21. The Balaban J connectivity index is 1.81. The molecule has 0 unspecified atom stereocenters. The molecule has 0 bridgehead atoms. The molecule has 0 radical (unpaired) electrons. The molecule has 31 heavy (non-hydrogen) atoms. The summed E-state index contributed by atoms with van der Waals surface area (Å²) in [5.74, 6) is 0.744. The van der Waals surface area contributed by atoms with Crippen molar-refractivity contribution >= 4 is 34.7 Å². The number of nitrogens with one attached hydrogen (secondary N) is 1. The molecule has 6 heteroatoms. The van der Waals surface area contributed by atoms with Crippen molar-refractivity contribution in [3.8, 4) is 11.5 Å². The molecule has 1 N–H and O–H groups in total. The number of halogens is 1. The molecule has 1 amide bonds. The van der Waals surface area contributed by atoms with Gasteiger partial charge in [-0.2, -0.15) is 5.10 Å². The molecule has 0 aliphatic rings. The van der Waals surface area contributed by atoms with E-state index in [0.717, 1.165) is 26.0 Å². The van der Waals surface area contributed by atoms with Gasteiger partial charge < -0.3 is 9.47 Å². The van der Waals surface area contributed by atoms with Gasteiger partial charge in [0.15, 0.2) is 11.5 Å². The van der Waals surface area contributed by atoms with Crippen molar-refractivity contribution in [2.75, 3.05) is 13.2 Å². The summed E-state index contributed by atoms with van der Waals surface area (Å²) in [7, 11) is 0. The second kappa shape index (κ2) is 11.5. The summed E-state index contributed by atoms with van der Waals surface area (Å²) in [5.41, 5.74) is 5.33. The third kappa shape index (κ3) is 6.07. The Bertz CT molecular complexity index is 984. The fraction of sp³-hybridized carbons (Fsp3) is 0.200. The number of hydrogen-bond donors (Lipinski definition) is 1. The first-order valence-corrected chi connectivity index (χ1v) is 11.2. The van der Waals surface area contributed by atoms with Crippen LogP contribution >= 0.6 is 22.6 Å². The smallest absolute Gasteiger partial charge is 0.252 e. The van der Waals surface area contributed by atoms with E-state index in [1.54, 1.807) is 6.21 Å². The van der Waals surface area contributed by atoms with Crippen LogP contribution in [0.1, 0.15) is 36.5 Å². The number of ether oxygens (including phenoxy) is 2. The molecule has 160 valence electrons. The normalized spacial score (nSPS) is 11.0. The lowest BCUT2D eigenvalue weighted by atomic mass is 9.91. The van der Waals surface area contributed by atoms with Crippen molar-refractivity contribution in [3.63, 3.8) is 0 Å². The third-order valence-electron chi connectivity index (χ3n) is 4.54. The highest BCUT2D eigenvalue weighted by Crippen LogP contribution is 2.34. The van der Waals surface area contributed by atoms with E-state index in [2.05, 4.69) is 33.1 Å². The van der Waals surface area contributed by atoms with Crippen LogP contribution in [-0.4, -0.2) is 25.3 Å². The maximum atomic E-state index is 13.0. The molecule has 0 heterocycles. The van der Waals surface area contributed by atoms with Crippen molar-refractivity contribution < 1.29 is 14.3 Å². The van der Waals surface area contributed by atoms with E-state index >= 15 is 0 Å². The van der Waals surface area contributed by atoms with E-state index < -0.39 is 5.92 Å². The summed E-state index contributed by atoms with van der Waals surface area (Å²) in [6.07, 6.45) is 1.62. The Morgan fingerprint density at radius 2 is 1.55 bits per heavy atom. The molecule has 0 saturated heterocycles. The monoisotopic (exact) mass is 528 g/mol. The van der Waals surface area contributed by atoms with Gasteiger partial charge in [-0.05, 0) is 65.3 Å². The first-order chi connectivity index (χ1) is 15.1. The average molecular weight is 528 g/mol. The first-order valence-electron chi connectivity index (χ1n) is 10.2. The topological polar surface area (TPSA) is 59.9 Å². The van der Waals surface area contributed by atoms with Crippen molar-refractivity contribution in [1.29, 1.82) is 0 Å². The average Bonchev–Trinajstić information content (AvgIpc) is 2.78. The summed E-state index contributed by atoms with van der Waals surface area (Å²) < 4.78 is 12.3. The number of carbonyl (C=O) groups is 1. The van der Waals surface area contributed by atoms with Gasteiger partial charge in [-0.1, -0.05) is 60.7 Å². The summed E-state index contributed by atoms with van der Waals surface area (Å²) >= 11 is 2.21. The predicted molar refractivity (Wildman–Crippen MR) is 132 cm³/mol. The van der Waals surface area contributed by atoms with Gasteiger partial charge in [0.2, 0.25) is 0 Å². The van der Waals surface area contributed by atoms with E-state index in [9.17, 15) is 4.79 Å². The first kappa shape index (κ1) is 22.8. The molecule has 3 rings (SSSR count). The molecular weight excluding hydrogens is 503 g/mol. The Morgan fingerprint density at radius 3 is 2.10 bits per heavy atom. The van der Waals surface area contributed by atoms with Gasteiger partial charge >= 0.3 is 0 Å². The number of amides is 1. The predicted octanol–water partition coefficient (Wildman–Crippen LogP) is 5.37. The minimum atomic E-state index is -0.445. The number of nitrogens with zero attached hydrogens (tertiary/aromatic N) is 1. The highest BCUT2D eigenvalue weighted by molar-refractivity contribution is 14.1. The number of carbonyl (C=O) groups excluding carboxylic acids is 1. The van der Waals surface area contributed by atoms with Crippen LogP contribution in [-0.2, 0) is 4.79 Å². The van der Waals surface area contributed by atoms with Crippen LogP contribution in [0.5, 0.6) is 11.5 Å². The van der Waals surface area contributed by atoms with Gasteiger partial charge in [-0.3, -0.25) is 4.79 Å². The van der Waals surface area contributed by atoms with Gasteiger partial charge in [0.25, 0.3) is 5.91 Å². The Kier molecular flexibility index (Phi) is 8.46. The number of hydrogen-bond acceptors (Lipinski definition) is 4. The quantitative estimate of drug-likeness (QED) is 0.231. The zero-order chi connectivity index (χ0) is 22.1.